The molecule has 0 aliphatic heterocycles. The molecule has 10 aromatic rings. The van der Waals surface area contributed by atoms with Crippen molar-refractivity contribution < 1.29 is 0 Å². The smallest absolute Gasteiger partial charge is 0.165 e. The second-order valence-electron chi connectivity index (χ2n) is 10.6. The first-order valence-electron chi connectivity index (χ1n) is 13.5. The number of rotatable bonds is 1. The van der Waals surface area contributed by atoms with Gasteiger partial charge < -0.3 is 0 Å². The van der Waals surface area contributed by atoms with Crippen LogP contribution < -0.4 is 0 Å². The largest absolute Gasteiger partial charge is 0.291 e. The normalized spacial score (nSPS) is 12.5. The van der Waals surface area contributed by atoms with Gasteiger partial charge in [-0.2, -0.15) is 0 Å². The minimum absolute atomic E-state index is 0.921. The summed E-state index contributed by atoms with van der Waals surface area (Å²) in [5, 5.41) is 8.83. The van der Waals surface area contributed by atoms with Crippen LogP contribution in [-0.2, 0) is 0 Å². The molecule has 0 spiro atoms. The third kappa shape index (κ3) is 2.59. The highest BCUT2D eigenvalue weighted by Gasteiger charge is 2.24. The summed E-state index contributed by atoms with van der Waals surface area (Å²) < 4.78 is 4.94. The first-order chi connectivity index (χ1) is 19.8. The van der Waals surface area contributed by atoms with Crippen molar-refractivity contribution in [3.05, 3.63) is 115 Å². The number of aromatic nitrogens is 3. The zero-order valence-corrected chi connectivity index (χ0v) is 22.0. The van der Waals surface area contributed by atoms with Crippen LogP contribution in [0.25, 0.3) is 91.5 Å². The fraction of sp³-hybridized carbons (Fsp3) is 0. The molecule has 0 bridgehead atoms. The minimum Gasteiger partial charge on any atom is -0.291 e. The van der Waals surface area contributed by atoms with E-state index in [4.69, 9.17) is 9.97 Å². The first kappa shape index (κ1) is 20.8. The van der Waals surface area contributed by atoms with E-state index in [0.29, 0.717) is 0 Å². The van der Waals surface area contributed by atoms with Gasteiger partial charge in [0, 0.05) is 36.3 Å². The maximum atomic E-state index is 5.21. The monoisotopic (exact) mass is 525 g/mol. The third-order valence-corrected chi connectivity index (χ3v) is 9.68. The van der Waals surface area contributed by atoms with Crippen molar-refractivity contribution in [1.29, 1.82) is 0 Å². The van der Waals surface area contributed by atoms with Crippen LogP contribution in [0.1, 0.15) is 0 Å². The van der Waals surface area contributed by atoms with Gasteiger partial charge in [-0.1, -0.05) is 72.8 Å². The Morgan fingerprint density at radius 1 is 0.550 bits per heavy atom. The molecule has 0 unspecified atom stereocenters. The van der Waals surface area contributed by atoms with Gasteiger partial charge in [0.1, 0.15) is 5.52 Å². The molecular formula is C36H19N3S. The Bertz CT molecular complexity index is 2660. The second-order valence-corrected chi connectivity index (χ2v) is 11.7. The van der Waals surface area contributed by atoms with Crippen LogP contribution in [0.3, 0.4) is 0 Å². The average Bonchev–Trinajstić information content (AvgIpc) is 3.65. The molecule has 0 saturated heterocycles. The van der Waals surface area contributed by atoms with E-state index >= 15 is 0 Å². The molecule has 4 heterocycles. The Labute approximate surface area is 231 Å². The van der Waals surface area contributed by atoms with Gasteiger partial charge in [-0.3, -0.25) is 4.40 Å². The summed E-state index contributed by atoms with van der Waals surface area (Å²) in [7, 11) is 0. The fourth-order valence-electron chi connectivity index (χ4n) is 6.66. The summed E-state index contributed by atoms with van der Waals surface area (Å²) >= 11 is 1.86. The molecule has 4 heteroatoms. The van der Waals surface area contributed by atoms with Gasteiger partial charge in [0.2, 0.25) is 0 Å². The van der Waals surface area contributed by atoms with Crippen LogP contribution in [0.5, 0.6) is 0 Å². The molecule has 4 aromatic heterocycles. The lowest BCUT2D eigenvalue weighted by Gasteiger charge is -2.06. The van der Waals surface area contributed by atoms with Crippen molar-refractivity contribution in [1.82, 2.24) is 14.4 Å². The average molecular weight is 526 g/mol. The fourth-order valence-corrected chi connectivity index (χ4v) is 7.89. The zero-order valence-electron chi connectivity index (χ0n) is 21.2. The van der Waals surface area contributed by atoms with Gasteiger partial charge in [0.15, 0.2) is 5.65 Å². The molecule has 10 rings (SSSR count). The van der Waals surface area contributed by atoms with E-state index in [1.54, 1.807) is 0 Å². The summed E-state index contributed by atoms with van der Waals surface area (Å²) in [4.78, 5) is 10.4. The van der Waals surface area contributed by atoms with Crippen LogP contribution in [0, 0.1) is 0 Å². The van der Waals surface area contributed by atoms with E-state index in [1.807, 2.05) is 23.5 Å². The van der Waals surface area contributed by atoms with E-state index < -0.39 is 0 Å². The molecule has 184 valence electrons. The standard InChI is InChI=1S/C36H19N3S/c1-2-8-21-17-22(14-13-20(21)7-1)23-15-16-30-25(18-23)26-19-27-24-9-3-6-12-31(24)40-35(27)32-33-36(39(30)34(26)32)38-29-11-5-4-10-28(29)37-33/h1-19H. The van der Waals surface area contributed by atoms with Crippen molar-refractivity contribution in [2.45, 2.75) is 0 Å². The molecular weight excluding hydrogens is 506 g/mol. The summed E-state index contributed by atoms with van der Waals surface area (Å²) in [6.45, 7) is 0. The number of hydrogen-bond acceptors (Lipinski definition) is 3. The van der Waals surface area contributed by atoms with Crippen LogP contribution in [0.15, 0.2) is 115 Å². The maximum Gasteiger partial charge on any atom is 0.165 e. The van der Waals surface area contributed by atoms with Crippen molar-refractivity contribution in [2.24, 2.45) is 0 Å². The van der Waals surface area contributed by atoms with Gasteiger partial charge in [0.05, 0.1) is 22.1 Å². The zero-order chi connectivity index (χ0) is 25.9. The number of benzene rings is 6. The Kier molecular flexibility index (Phi) is 3.81. The van der Waals surface area contributed by atoms with Crippen molar-refractivity contribution in [2.75, 3.05) is 0 Å². The predicted octanol–water partition coefficient (Wildman–Crippen LogP) is 9.97. The third-order valence-electron chi connectivity index (χ3n) is 8.48. The van der Waals surface area contributed by atoms with Gasteiger partial charge in [0.25, 0.3) is 0 Å². The quantitative estimate of drug-likeness (QED) is 0.213. The highest BCUT2D eigenvalue weighted by atomic mass is 32.1. The molecule has 0 radical (unpaired) electrons. The van der Waals surface area contributed by atoms with Gasteiger partial charge in [-0.25, -0.2) is 9.97 Å². The number of thiophene rings is 1. The van der Waals surface area contributed by atoms with E-state index in [9.17, 15) is 0 Å². The molecule has 0 saturated carbocycles. The summed E-state index contributed by atoms with van der Waals surface area (Å²) in [5.74, 6) is 0. The number of nitrogens with zero attached hydrogens (tertiary/aromatic N) is 3. The van der Waals surface area contributed by atoms with E-state index in [2.05, 4.69) is 108 Å². The molecule has 0 aliphatic carbocycles. The first-order valence-corrected chi connectivity index (χ1v) is 14.3. The summed E-state index contributed by atoms with van der Waals surface area (Å²) in [6, 6.07) is 41.5. The Hall–Kier alpha value is -5.06. The minimum atomic E-state index is 0.921. The highest BCUT2D eigenvalue weighted by Crippen LogP contribution is 2.47. The van der Waals surface area contributed by atoms with Crippen molar-refractivity contribution in [3.8, 4) is 11.1 Å². The molecule has 3 nitrogen and oxygen atoms in total. The molecule has 0 fully saturated rings. The van der Waals surface area contributed by atoms with E-state index in [0.717, 1.165) is 22.2 Å². The lowest BCUT2D eigenvalue weighted by atomic mass is 9.99. The van der Waals surface area contributed by atoms with Crippen molar-refractivity contribution in [3.63, 3.8) is 0 Å². The Balaban J connectivity index is 1.40. The summed E-state index contributed by atoms with van der Waals surface area (Å²) in [5.41, 5.74) is 8.60. The Morgan fingerprint density at radius 2 is 1.30 bits per heavy atom. The number of fused-ring (bicyclic) bond motifs is 12. The highest BCUT2D eigenvalue weighted by molar-refractivity contribution is 7.26. The van der Waals surface area contributed by atoms with Gasteiger partial charge in [-0.15, -0.1) is 11.3 Å². The van der Waals surface area contributed by atoms with E-state index in [-0.39, 0.29) is 0 Å². The van der Waals surface area contributed by atoms with Gasteiger partial charge in [-0.05, 0) is 64.4 Å². The van der Waals surface area contributed by atoms with Gasteiger partial charge >= 0.3 is 0 Å². The number of para-hydroxylation sites is 2. The molecule has 0 amide bonds. The lowest BCUT2D eigenvalue weighted by molar-refractivity contribution is 1.28. The predicted molar refractivity (Wildman–Crippen MR) is 170 cm³/mol. The second kappa shape index (κ2) is 7.32. The van der Waals surface area contributed by atoms with Crippen LogP contribution in [0.4, 0.5) is 0 Å². The van der Waals surface area contributed by atoms with Crippen molar-refractivity contribution >= 4 is 91.7 Å². The molecule has 0 N–H and O–H groups in total. The Morgan fingerprint density at radius 3 is 2.23 bits per heavy atom. The topological polar surface area (TPSA) is 30.2 Å². The SMILES string of the molecule is c1ccc2cc(-c3ccc4c(c3)c3cc5c6ccccc6sc5c5c6nc7ccccc7nc6n4c35)ccc2c1. The van der Waals surface area contributed by atoms with E-state index in [1.165, 1.54) is 69.3 Å². The maximum absolute atomic E-state index is 5.21. The van der Waals surface area contributed by atoms with Crippen LogP contribution in [-0.4, -0.2) is 14.4 Å². The molecule has 40 heavy (non-hydrogen) atoms. The summed E-state index contributed by atoms with van der Waals surface area (Å²) in [6.07, 6.45) is 0. The molecule has 6 aromatic carbocycles. The van der Waals surface area contributed by atoms with Crippen LogP contribution in [0.2, 0.25) is 0 Å². The van der Waals surface area contributed by atoms with Crippen LogP contribution >= 0.6 is 11.3 Å². The molecule has 0 aliphatic rings. The number of hydrogen-bond donors (Lipinski definition) is 0. The lowest BCUT2D eigenvalue weighted by Crippen LogP contribution is -1.89. The molecule has 0 atom stereocenters.